The molecule has 6 rings (SSSR count). The lowest BCUT2D eigenvalue weighted by molar-refractivity contribution is -0.345. The molecule has 2 fully saturated rings. The van der Waals surface area contributed by atoms with E-state index in [0.29, 0.717) is 5.56 Å². The summed E-state index contributed by atoms with van der Waals surface area (Å²) in [5.41, 5.74) is -0.401. The molecule has 0 saturated carbocycles. The van der Waals surface area contributed by atoms with Crippen LogP contribution in [0.5, 0.6) is 28.7 Å². The molecular formula is C33H34O16. The minimum Gasteiger partial charge on any atom is -0.508 e. The van der Waals surface area contributed by atoms with Gasteiger partial charge in [-0.3, -0.25) is 4.79 Å². The average molecular weight is 687 g/mol. The lowest BCUT2D eigenvalue weighted by Gasteiger charge is -2.44. The minimum atomic E-state index is -1.90. The van der Waals surface area contributed by atoms with E-state index in [4.69, 9.17) is 23.4 Å². The number of benzene rings is 3. The fourth-order valence-electron chi connectivity index (χ4n) is 5.73. The molecule has 0 aliphatic carbocycles. The third-order valence-electron chi connectivity index (χ3n) is 8.43. The molecule has 16 heteroatoms. The van der Waals surface area contributed by atoms with Gasteiger partial charge in [-0.2, -0.15) is 0 Å². The number of hydrogen-bond acceptors (Lipinski definition) is 16. The summed E-state index contributed by atoms with van der Waals surface area (Å²) in [5.74, 6) is -2.18. The second-order valence-electron chi connectivity index (χ2n) is 11.8. The molecule has 0 radical (unpaired) electrons. The van der Waals surface area contributed by atoms with E-state index in [1.807, 2.05) is 0 Å². The number of phenols is 4. The van der Waals surface area contributed by atoms with Crippen LogP contribution in [0, 0.1) is 0 Å². The van der Waals surface area contributed by atoms with Crippen LogP contribution < -0.4 is 10.2 Å². The summed E-state index contributed by atoms with van der Waals surface area (Å²) < 4.78 is 28.9. The van der Waals surface area contributed by atoms with Crippen molar-refractivity contribution in [1.29, 1.82) is 0 Å². The Labute approximate surface area is 276 Å². The van der Waals surface area contributed by atoms with Gasteiger partial charge in [-0.15, -0.1) is 0 Å². The van der Waals surface area contributed by atoms with Crippen LogP contribution in [-0.2, 0) is 20.6 Å². The number of hydrogen-bond donors (Lipinski definition) is 10. The second kappa shape index (κ2) is 13.8. The first-order valence-corrected chi connectivity index (χ1v) is 15.1. The van der Waals surface area contributed by atoms with Crippen molar-refractivity contribution in [2.45, 2.75) is 61.7 Å². The maximum Gasteiger partial charge on any atom is 0.239 e. The van der Waals surface area contributed by atoms with Gasteiger partial charge in [0.1, 0.15) is 70.6 Å². The van der Waals surface area contributed by atoms with Crippen molar-refractivity contribution >= 4 is 11.0 Å². The quantitative estimate of drug-likeness (QED) is 0.112. The molecule has 0 amide bonds. The first kappa shape index (κ1) is 34.4. The summed E-state index contributed by atoms with van der Waals surface area (Å²) in [4.78, 5) is 14.3. The Morgan fingerprint density at radius 2 is 1.43 bits per heavy atom. The molecule has 262 valence electrons. The first-order chi connectivity index (χ1) is 23.4. The van der Waals surface area contributed by atoms with Gasteiger partial charge in [0.2, 0.25) is 17.5 Å². The molecule has 49 heavy (non-hydrogen) atoms. The number of aliphatic hydroxyl groups is 6. The van der Waals surface area contributed by atoms with E-state index in [9.17, 15) is 55.9 Å². The highest BCUT2D eigenvalue weighted by Gasteiger charge is 2.50. The van der Waals surface area contributed by atoms with Gasteiger partial charge < -0.3 is 74.4 Å². The molecule has 0 spiro atoms. The van der Waals surface area contributed by atoms with Crippen LogP contribution in [0.2, 0.25) is 0 Å². The zero-order valence-electron chi connectivity index (χ0n) is 25.4. The highest BCUT2D eigenvalue weighted by atomic mass is 16.8. The normalized spacial score (nSPS) is 28.8. The predicted molar refractivity (Wildman–Crippen MR) is 165 cm³/mol. The number of aromatic hydroxyl groups is 4. The van der Waals surface area contributed by atoms with Gasteiger partial charge in [0, 0.05) is 23.6 Å². The molecule has 0 unspecified atom stereocenters. The van der Waals surface area contributed by atoms with Gasteiger partial charge in [-0.1, -0.05) is 12.1 Å². The Bertz CT molecular complexity index is 1840. The number of phenolic OH excluding ortho intramolecular Hbond substituents is 4. The number of aliphatic hydroxyl groups excluding tert-OH is 6. The van der Waals surface area contributed by atoms with Gasteiger partial charge in [0.25, 0.3) is 0 Å². The Balaban J connectivity index is 1.49. The van der Waals surface area contributed by atoms with Crippen molar-refractivity contribution in [3.8, 4) is 40.1 Å². The summed E-state index contributed by atoms with van der Waals surface area (Å²) in [7, 11) is 0. The van der Waals surface area contributed by atoms with Crippen molar-refractivity contribution in [3.63, 3.8) is 0 Å². The third kappa shape index (κ3) is 6.61. The Morgan fingerprint density at radius 3 is 2.08 bits per heavy atom. The zero-order valence-corrected chi connectivity index (χ0v) is 25.4. The SMILES string of the molecule is O=c1c(O[C@H]2O[C@@H](CO)[C@H](O)[C@@H](O)[C@@H]2O[C@H]2OC[C@H](O)[C@@H](O)[C@@H]2O)c(-c2ccc(O)cc2)oc2c(Cc3ccc(O)cc3)c(O)cc(O)c12. The molecular weight excluding hydrogens is 652 g/mol. The lowest BCUT2D eigenvalue weighted by atomic mass is 9.98. The maximum absolute atomic E-state index is 14.3. The summed E-state index contributed by atoms with van der Waals surface area (Å²) in [6.45, 7) is -1.30. The number of ether oxygens (including phenoxy) is 4. The maximum atomic E-state index is 14.3. The second-order valence-corrected chi connectivity index (χ2v) is 11.8. The number of fused-ring (bicyclic) bond motifs is 1. The summed E-state index contributed by atoms with van der Waals surface area (Å²) in [6.07, 6.45) is -15.5. The van der Waals surface area contributed by atoms with E-state index in [1.165, 1.54) is 36.4 Å². The van der Waals surface area contributed by atoms with E-state index in [1.54, 1.807) is 12.1 Å². The van der Waals surface area contributed by atoms with Crippen molar-refractivity contribution in [3.05, 3.63) is 75.9 Å². The summed E-state index contributed by atoms with van der Waals surface area (Å²) in [5, 5.41) is 103. The molecule has 1 aromatic heterocycles. The van der Waals surface area contributed by atoms with Crippen molar-refractivity contribution < 1.29 is 74.4 Å². The third-order valence-corrected chi connectivity index (χ3v) is 8.43. The molecule has 10 N–H and O–H groups in total. The van der Waals surface area contributed by atoms with Gasteiger partial charge in [-0.05, 0) is 42.0 Å². The van der Waals surface area contributed by atoms with Crippen molar-refractivity contribution in [2.75, 3.05) is 13.2 Å². The fraction of sp³-hybridized carbons (Fsp3) is 0.364. The van der Waals surface area contributed by atoms with Gasteiger partial charge in [0.05, 0.1) is 13.2 Å². The standard InChI is InChI=1S/C33H34O16/c34-11-21-24(41)26(43)31(49-32-27(44)23(40)20(39)12-45-32)33(46-21)48-30-25(42)22-19(38)10-18(37)17(9-13-1-5-15(35)6-2-13)29(22)47-28(30)14-3-7-16(36)8-4-14/h1-8,10,20-21,23-24,26-27,31-41,43-44H,9,11-12H2/t20-,21-,23+,24-,26+,27-,31-,32+,33+/m0/s1. The summed E-state index contributed by atoms with van der Waals surface area (Å²) in [6, 6.07) is 12.3. The molecule has 0 bridgehead atoms. The molecule has 2 aliphatic rings. The monoisotopic (exact) mass is 686 g/mol. The van der Waals surface area contributed by atoms with Crippen LogP contribution >= 0.6 is 0 Å². The first-order valence-electron chi connectivity index (χ1n) is 15.1. The van der Waals surface area contributed by atoms with Crippen LogP contribution in [-0.4, -0.2) is 120 Å². The Morgan fingerprint density at radius 1 is 0.776 bits per heavy atom. The van der Waals surface area contributed by atoms with Gasteiger partial charge in [-0.25, -0.2) is 0 Å². The smallest absolute Gasteiger partial charge is 0.239 e. The van der Waals surface area contributed by atoms with Crippen LogP contribution in [0.1, 0.15) is 11.1 Å². The van der Waals surface area contributed by atoms with Crippen LogP contribution in [0.25, 0.3) is 22.3 Å². The fourth-order valence-corrected chi connectivity index (χ4v) is 5.73. The van der Waals surface area contributed by atoms with Crippen LogP contribution in [0.4, 0.5) is 0 Å². The van der Waals surface area contributed by atoms with Gasteiger partial charge in [0.15, 0.2) is 18.2 Å². The van der Waals surface area contributed by atoms with E-state index < -0.39 is 96.6 Å². The van der Waals surface area contributed by atoms with Crippen molar-refractivity contribution in [1.82, 2.24) is 0 Å². The van der Waals surface area contributed by atoms with E-state index >= 15 is 0 Å². The topological polar surface area (TPSA) is 269 Å². The molecule has 16 nitrogen and oxygen atoms in total. The van der Waals surface area contributed by atoms with Crippen LogP contribution in [0.3, 0.4) is 0 Å². The predicted octanol–water partition coefficient (Wildman–Crippen LogP) is -0.485. The van der Waals surface area contributed by atoms with Crippen molar-refractivity contribution in [2.24, 2.45) is 0 Å². The molecule has 3 aromatic carbocycles. The average Bonchev–Trinajstić information content (AvgIpc) is 3.08. The summed E-state index contributed by atoms with van der Waals surface area (Å²) >= 11 is 0. The highest BCUT2D eigenvalue weighted by molar-refractivity contribution is 5.91. The zero-order chi connectivity index (χ0) is 35.1. The van der Waals surface area contributed by atoms with E-state index in [-0.39, 0.29) is 40.4 Å². The molecule has 2 saturated heterocycles. The molecule has 3 heterocycles. The highest BCUT2D eigenvalue weighted by Crippen LogP contribution is 2.41. The molecule has 9 atom stereocenters. The number of rotatable bonds is 8. The lowest BCUT2D eigenvalue weighted by Crippen LogP contribution is -2.64. The largest absolute Gasteiger partial charge is 0.508 e. The Kier molecular flexibility index (Phi) is 9.67. The van der Waals surface area contributed by atoms with E-state index in [0.717, 1.165) is 6.07 Å². The molecule has 2 aliphatic heterocycles. The van der Waals surface area contributed by atoms with E-state index in [2.05, 4.69) is 0 Å². The van der Waals surface area contributed by atoms with Crippen LogP contribution in [0.15, 0.2) is 63.8 Å². The Hall–Kier alpha value is -4.49. The molecule has 4 aromatic rings. The van der Waals surface area contributed by atoms with Gasteiger partial charge >= 0.3 is 0 Å². The minimum absolute atomic E-state index is 0.00177.